The lowest BCUT2D eigenvalue weighted by Crippen LogP contribution is -2.45. The number of carbonyl (C=O) groups excluding carboxylic acids is 2. The topological polar surface area (TPSA) is 55.8 Å². The molecule has 0 saturated carbocycles. The van der Waals surface area contributed by atoms with E-state index < -0.39 is 5.92 Å². The van der Waals surface area contributed by atoms with Crippen LogP contribution >= 0.6 is 0 Å². The van der Waals surface area contributed by atoms with Crippen LogP contribution in [0.3, 0.4) is 0 Å². The summed E-state index contributed by atoms with van der Waals surface area (Å²) in [5.41, 5.74) is 6.71. The maximum atomic E-state index is 14.4. The second kappa shape index (κ2) is 13.2. The summed E-state index contributed by atoms with van der Waals surface area (Å²) in [5.74, 6) is 0.398. The number of ether oxygens (including phenoxy) is 2. The zero-order valence-electron chi connectivity index (χ0n) is 28.8. The number of allylic oxidation sites excluding steroid dienone is 5. The highest BCUT2D eigenvalue weighted by Crippen LogP contribution is 2.55. The van der Waals surface area contributed by atoms with Crippen LogP contribution in [0, 0.1) is 16.6 Å². The molecule has 0 atom stereocenters. The first-order valence-corrected chi connectivity index (χ1v) is 16.9. The van der Waals surface area contributed by atoms with Crippen molar-refractivity contribution in [3.63, 3.8) is 0 Å². The van der Waals surface area contributed by atoms with E-state index in [0.29, 0.717) is 42.9 Å². The third kappa shape index (κ3) is 6.76. The molecule has 1 aliphatic heterocycles. The highest BCUT2D eigenvalue weighted by molar-refractivity contribution is 6.07. The van der Waals surface area contributed by atoms with Crippen LogP contribution in [0.25, 0.3) is 0 Å². The van der Waals surface area contributed by atoms with Gasteiger partial charge in [0.05, 0.1) is 7.11 Å². The Hall–Kier alpha value is -4.45. The minimum absolute atomic E-state index is 0.0933. The molecule has 2 aliphatic carbocycles. The van der Waals surface area contributed by atoms with Gasteiger partial charge in [0.25, 0.3) is 0 Å². The highest BCUT2D eigenvalue weighted by Gasteiger charge is 2.49. The van der Waals surface area contributed by atoms with Gasteiger partial charge in [-0.3, -0.25) is 9.59 Å². The van der Waals surface area contributed by atoms with Crippen LogP contribution in [0.1, 0.15) is 81.5 Å². The second-order valence-electron chi connectivity index (χ2n) is 15.0. The van der Waals surface area contributed by atoms with Gasteiger partial charge in [0.15, 0.2) is 23.1 Å². The number of carbonyl (C=O) groups is 2. The molecule has 6 rings (SSSR count). The summed E-state index contributed by atoms with van der Waals surface area (Å²) < 4.78 is 26.2. The Morgan fingerprint density at radius 3 is 2.06 bits per heavy atom. The zero-order chi connectivity index (χ0) is 34.2. The smallest absolute Gasteiger partial charge is 0.165 e. The first kappa shape index (κ1) is 33.5. The summed E-state index contributed by atoms with van der Waals surface area (Å²) >= 11 is 0. The molecule has 0 radical (unpaired) electrons. The van der Waals surface area contributed by atoms with Crippen molar-refractivity contribution in [3.8, 4) is 11.5 Å². The average molecular weight is 648 g/mol. The normalized spacial score (nSPS) is 18.8. The Bertz CT molecular complexity index is 1760. The van der Waals surface area contributed by atoms with Crippen molar-refractivity contribution in [2.45, 2.75) is 78.7 Å². The highest BCUT2D eigenvalue weighted by atomic mass is 19.1. The largest absolute Gasteiger partial charge is 0.493 e. The van der Waals surface area contributed by atoms with Crippen LogP contribution in [-0.4, -0.2) is 30.1 Å². The molecule has 3 aromatic rings. The van der Waals surface area contributed by atoms with Crippen LogP contribution in [0.2, 0.25) is 0 Å². The molecule has 3 aromatic carbocycles. The van der Waals surface area contributed by atoms with Crippen LogP contribution < -0.4 is 9.47 Å². The van der Waals surface area contributed by atoms with Crippen molar-refractivity contribution in [2.75, 3.05) is 13.7 Å². The number of ketones is 2. The molecular formula is C42H46FNO4. The predicted molar refractivity (Wildman–Crippen MR) is 187 cm³/mol. The summed E-state index contributed by atoms with van der Waals surface area (Å²) in [7, 11) is 1.59. The van der Waals surface area contributed by atoms with E-state index in [2.05, 4.69) is 63.4 Å². The fraction of sp³-hybridized carbons (Fsp3) is 0.381. The molecule has 5 nitrogen and oxygen atoms in total. The van der Waals surface area contributed by atoms with E-state index in [0.717, 1.165) is 52.9 Å². The van der Waals surface area contributed by atoms with Gasteiger partial charge in [0.1, 0.15) is 12.4 Å². The summed E-state index contributed by atoms with van der Waals surface area (Å²) in [6.07, 6.45) is 5.42. The molecule has 0 aromatic heterocycles. The predicted octanol–water partition coefficient (Wildman–Crippen LogP) is 9.07. The van der Waals surface area contributed by atoms with Gasteiger partial charge in [-0.2, -0.15) is 0 Å². The molecule has 1 heterocycles. The number of methoxy groups -OCH3 is 1. The van der Waals surface area contributed by atoms with Crippen LogP contribution in [-0.2, 0) is 29.0 Å². The lowest BCUT2D eigenvalue weighted by molar-refractivity contribution is -0.119. The first-order valence-electron chi connectivity index (χ1n) is 16.9. The third-order valence-electron chi connectivity index (χ3n) is 9.83. The monoisotopic (exact) mass is 647 g/mol. The van der Waals surface area contributed by atoms with Crippen LogP contribution in [0.15, 0.2) is 102 Å². The van der Waals surface area contributed by atoms with E-state index in [1.807, 2.05) is 24.3 Å². The van der Waals surface area contributed by atoms with Crippen molar-refractivity contribution < 1.29 is 23.5 Å². The number of hydrogen-bond donors (Lipinski definition) is 0. The molecule has 6 heteroatoms. The standard InChI is InChI=1S/C42H46FNO4/c1-7-12-29-20-30(21-36(47-6)40(29)48-26-28-15-11-16-31(43)19-28)37-38-32(22-41(2,3)24-34(38)45)44(18-17-27-13-9-8-10-14-27)33-23-42(4,5)25-35(46)39(33)37/h7-11,13-16,19-21,37H,1,12,17-18,22-26H2,2-6H3. The van der Waals surface area contributed by atoms with Crippen LogP contribution in [0.5, 0.6) is 11.5 Å². The minimum atomic E-state index is -0.509. The Balaban J connectivity index is 1.51. The van der Waals surface area contributed by atoms with Gasteiger partial charge in [-0.05, 0) is 71.4 Å². The maximum absolute atomic E-state index is 14.4. The van der Waals surface area contributed by atoms with Crippen molar-refractivity contribution in [1.29, 1.82) is 0 Å². The van der Waals surface area contributed by atoms with Gasteiger partial charge in [-0.1, -0.05) is 82.3 Å². The van der Waals surface area contributed by atoms with E-state index in [4.69, 9.17) is 9.47 Å². The quantitative estimate of drug-likeness (QED) is 0.206. The number of hydrogen-bond acceptors (Lipinski definition) is 5. The molecule has 0 spiro atoms. The van der Waals surface area contributed by atoms with Crippen molar-refractivity contribution in [3.05, 3.63) is 130 Å². The van der Waals surface area contributed by atoms with Crippen molar-refractivity contribution in [1.82, 2.24) is 4.90 Å². The number of benzene rings is 3. The maximum Gasteiger partial charge on any atom is 0.165 e. The molecule has 3 aliphatic rings. The van der Waals surface area contributed by atoms with Gasteiger partial charge in [-0.25, -0.2) is 4.39 Å². The summed E-state index contributed by atoms with van der Waals surface area (Å²) in [6, 6.07) is 20.7. The number of rotatable bonds is 10. The van der Waals surface area contributed by atoms with Gasteiger partial charge < -0.3 is 14.4 Å². The third-order valence-corrected chi connectivity index (χ3v) is 9.83. The van der Waals surface area contributed by atoms with Gasteiger partial charge in [0.2, 0.25) is 0 Å². The molecule has 0 unspecified atom stereocenters. The molecule has 0 bridgehead atoms. The summed E-state index contributed by atoms with van der Waals surface area (Å²) in [5, 5.41) is 0. The van der Waals surface area contributed by atoms with Gasteiger partial charge in [0, 0.05) is 53.4 Å². The molecule has 0 amide bonds. The fourth-order valence-electron chi connectivity index (χ4n) is 7.79. The Labute approximate surface area is 284 Å². The molecule has 0 N–H and O–H groups in total. The zero-order valence-corrected chi connectivity index (χ0v) is 28.8. The summed E-state index contributed by atoms with van der Waals surface area (Å²) in [6.45, 7) is 13.5. The SMILES string of the molecule is C=CCc1cc(C2C3=C(CC(C)(C)CC3=O)N(CCc3ccccc3)C3=C2C(=O)CC(C)(C)C3)cc(OC)c1OCc1cccc(F)c1. The van der Waals surface area contributed by atoms with E-state index in [9.17, 15) is 14.0 Å². The number of nitrogens with zero attached hydrogens (tertiary/aromatic N) is 1. The van der Waals surface area contributed by atoms with Crippen molar-refractivity contribution >= 4 is 11.6 Å². The van der Waals surface area contributed by atoms with E-state index in [1.54, 1.807) is 19.3 Å². The average Bonchev–Trinajstić information content (AvgIpc) is 3.02. The molecule has 250 valence electrons. The van der Waals surface area contributed by atoms with E-state index in [1.165, 1.54) is 17.7 Å². The minimum Gasteiger partial charge on any atom is -0.493 e. The Morgan fingerprint density at radius 2 is 1.48 bits per heavy atom. The molecule has 48 heavy (non-hydrogen) atoms. The van der Waals surface area contributed by atoms with Crippen LogP contribution in [0.4, 0.5) is 4.39 Å². The molecular weight excluding hydrogens is 601 g/mol. The first-order chi connectivity index (χ1) is 22.9. The Kier molecular flexibility index (Phi) is 9.21. The van der Waals surface area contributed by atoms with Gasteiger partial charge >= 0.3 is 0 Å². The Morgan fingerprint density at radius 1 is 0.854 bits per heavy atom. The van der Waals surface area contributed by atoms with Crippen molar-refractivity contribution in [2.24, 2.45) is 10.8 Å². The molecule has 0 saturated heterocycles. The van der Waals surface area contributed by atoms with Gasteiger partial charge in [-0.15, -0.1) is 6.58 Å². The fourth-order valence-corrected chi connectivity index (χ4v) is 7.79. The van der Waals surface area contributed by atoms with E-state index in [-0.39, 0.29) is 34.8 Å². The lowest BCUT2D eigenvalue weighted by atomic mass is 9.63. The molecule has 0 fully saturated rings. The second-order valence-corrected chi connectivity index (χ2v) is 15.0. The lowest BCUT2D eigenvalue weighted by Gasteiger charge is -2.49. The number of Topliss-reactive ketones (excluding diaryl/α,β-unsaturated/α-hetero) is 2. The number of halogens is 1. The summed E-state index contributed by atoms with van der Waals surface area (Å²) in [4.78, 5) is 31.0. The van der Waals surface area contributed by atoms with E-state index >= 15 is 0 Å².